The van der Waals surface area contributed by atoms with Crippen molar-refractivity contribution in [1.29, 1.82) is 0 Å². The van der Waals surface area contributed by atoms with Crippen LogP contribution in [0.4, 0.5) is 0 Å². The highest BCUT2D eigenvalue weighted by molar-refractivity contribution is 5.43. The predicted octanol–water partition coefficient (Wildman–Crippen LogP) is 2.63. The lowest BCUT2D eigenvalue weighted by molar-refractivity contribution is 0.0594. The van der Waals surface area contributed by atoms with E-state index in [2.05, 4.69) is 13.8 Å². The van der Waals surface area contributed by atoms with Crippen LogP contribution in [0, 0.1) is 6.92 Å². The fourth-order valence-electron chi connectivity index (χ4n) is 2.54. The van der Waals surface area contributed by atoms with Crippen molar-refractivity contribution in [3.8, 4) is 0 Å². The topological polar surface area (TPSA) is 37.3 Å². The van der Waals surface area contributed by atoms with E-state index in [9.17, 15) is 9.90 Å². The van der Waals surface area contributed by atoms with Crippen LogP contribution in [0.25, 0.3) is 0 Å². The quantitative estimate of drug-likeness (QED) is 0.808. The molecule has 0 saturated carbocycles. The summed E-state index contributed by atoms with van der Waals surface area (Å²) in [6.07, 6.45) is 1.51. The summed E-state index contributed by atoms with van der Waals surface area (Å²) in [5.41, 5.74) is 3.11. The first-order valence-corrected chi connectivity index (χ1v) is 6.23. The van der Waals surface area contributed by atoms with E-state index in [0.29, 0.717) is 12.3 Å². The van der Waals surface area contributed by atoms with Crippen LogP contribution >= 0.6 is 0 Å². The third kappa shape index (κ3) is 2.02. The van der Waals surface area contributed by atoms with Gasteiger partial charge in [0.15, 0.2) is 5.43 Å². The average Bonchev–Trinajstić information content (AvgIpc) is 2.44. The number of rotatable bonds is 1. The summed E-state index contributed by atoms with van der Waals surface area (Å²) in [5, 5.41) is 10.4. The van der Waals surface area contributed by atoms with Gasteiger partial charge in [0.25, 0.3) is 0 Å². The van der Waals surface area contributed by atoms with E-state index in [-0.39, 0.29) is 5.43 Å². The van der Waals surface area contributed by atoms with Crippen molar-refractivity contribution in [2.75, 3.05) is 0 Å². The molecule has 0 saturated heterocycles. The summed E-state index contributed by atoms with van der Waals surface area (Å²) < 4.78 is 0. The van der Waals surface area contributed by atoms with Crippen LogP contribution in [0.1, 0.15) is 55.4 Å². The smallest absolute Gasteiger partial charge is 0.182 e. The second-order valence-electron chi connectivity index (χ2n) is 5.60. The first-order chi connectivity index (χ1) is 7.83. The number of hydrogen-bond acceptors (Lipinski definition) is 2. The normalized spacial score (nSPS) is 22.9. The molecule has 0 heterocycles. The SMILES string of the molecule is Cc1c2c(cc(C(C)C)cc1=O)[C@@](C)(O)CC2. The Kier molecular flexibility index (Phi) is 2.86. The van der Waals surface area contributed by atoms with Crippen molar-refractivity contribution >= 4 is 0 Å². The van der Waals surface area contributed by atoms with Crippen LogP contribution in [-0.4, -0.2) is 5.11 Å². The second kappa shape index (κ2) is 3.95. The Hall–Kier alpha value is -1.15. The van der Waals surface area contributed by atoms with E-state index < -0.39 is 5.60 Å². The Morgan fingerprint density at radius 2 is 2.00 bits per heavy atom. The van der Waals surface area contributed by atoms with Crippen LogP contribution in [-0.2, 0) is 12.0 Å². The van der Waals surface area contributed by atoms with Gasteiger partial charge in [-0.25, -0.2) is 0 Å². The molecule has 0 amide bonds. The molecule has 1 N–H and O–H groups in total. The minimum atomic E-state index is -0.783. The lowest BCUT2D eigenvalue weighted by Gasteiger charge is -2.17. The molecule has 2 rings (SSSR count). The first kappa shape index (κ1) is 12.3. The Labute approximate surface area is 102 Å². The molecule has 0 spiro atoms. The maximum Gasteiger partial charge on any atom is 0.182 e. The summed E-state index contributed by atoms with van der Waals surface area (Å²) in [6, 6.07) is 3.73. The zero-order valence-electron chi connectivity index (χ0n) is 11.0. The molecule has 1 atom stereocenters. The Balaban J connectivity index is 2.81. The molecule has 1 aromatic rings. The van der Waals surface area contributed by atoms with Gasteiger partial charge >= 0.3 is 0 Å². The van der Waals surface area contributed by atoms with Crippen LogP contribution in [0.5, 0.6) is 0 Å². The van der Waals surface area contributed by atoms with Crippen molar-refractivity contribution < 1.29 is 5.11 Å². The molecule has 1 aromatic carbocycles. The monoisotopic (exact) mass is 232 g/mol. The zero-order chi connectivity index (χ0) is 12.8. The largest absolute Gasteiger partial charge is 0.385 e. The Morgan fingerprint density at radius 1 is 1.35 bits per heavy atom. The highest BCUT2D eigenvalue weighted by Crippen LogP contribution is 2.37. The van der Waals surface area contributed by atoms with Crippen LogP contribution in [0.15, 0.2) is 16.9 Å². The van der Waals surface area contributed by atoms with Gasteiger partial charge in [-0.1, -0.05) is 19.9 Å². The Bertz CT molecular complexity index is 513. The van der Waals surface area contributed by atoms with Crippen LogP contribution in [0.3, 0.4) is 0 Å². The summed E-state index contributed by atoms with van der Waals surface area (Å²) in [6.45, 7) is 7.85. The fraction of sp³-hybridized carbons (Fsp3) is 0.533. The molecular weight excluding hydrogens is 212 g/mol. The molecule has 2 heteroatoms. The molecule has 0 unspecified atom stereocenters. The molecular formula is C15H20O2. The molecule has 17 heavy (non-hydrogen) atoms. The van der Waals surface area contributed by atoms with Crippen molar-refractivity contribution in [3.05, 3.63) is 44.6 Å². The number of aliphatic hydroxyl groups is 1. The highest BCUT2D eigenvalue weighted by Gasteiger charge is 2.33. The maximum atomic E-state index is 12.0. The van der Waals surface area contributed by atoms with Crippen LogP contribution in [0.2, 0.25) is 0 Å². The van der Waals surface area contributed by atoms with Gasteiger partial charge < -0.3 is 5.11 Å². The average molecular weight is 232 g/mol. The van der Waals surface area contributed by atoms with E-state index in [1.807, 2.05) is 19.9 Å². The minimum absolute atomic E-state index is 0.0904. The zero-order valence-corrected chi connectivity index (χ0v) is 11.0. The first-order valence-electron chi connectivity index (χ1n) is 6.23. The van der Waals surface area contributed by atoms with Gasteiger partial charge in [0, 0.05) is 0 Å². The second-order valence-corrected chi connectivity index (χ2v) is 5.60. The van der Waals surface area contributed by atoms with Gasteiger partial charge in [-0.3, -0.25) is 4.79 Å². The molecule has 1 aliphatic carbocycles. The third-order valence-electron chi connectivity index (χ3n) is 3.86. The maximum absolute atomic E-state index is 12.0. The van der Waals surface area contributed by atoms with Gasteiger partial charge in [-0.05, 0) is 60.9 Å². The number of fused-ring (bicyclic) bond motifs is 1. The predicted molar refractivity (Wildman–Crippen MR) is 69.4 cm³/mol. The van der Waals surface area contributed by atoms with E-state index in [4.69, 9.17) is 0 Å². The van der Waals surface area contributed by atoms with Crippen LogP contribution < -0.4 is 5.43 Å². The van der Waals surface area contributed by atoms with Gasteiger partial charge in [0.2, 0.25) is 0 Å². The van der Waals surface area contributed by atoms with E-state index in [1.54, 1.807) is 6.07 Å². The van der Waals surface area contributed by atoms with Gasteiger partial charge in [-0.15, -0.1) is 0 Å². The lowest BCUT2D eigenvalue weighted by Crippen LogP contribution is -2.16. The van der Waals surface area contributed by atoms with E-state index in [0.717, 1.165) is 28.7 Å². The van der Waals surface area contributed by atoms with Crippen molar-refractivity contribution in [3.63, 3.8) is 0 Å². The standard InChI is InChI=1S/C15H20O2/c1-9(2)11-7-13-12(5-6-15(13,4)17)10(3)14(16)8-11/h7-9,17H,5-6H2,1-4H3/t15-/m0/s1. The highest BCUT2D eigenvalue weighted by atomic mass is 16.3. The summed E-state index contributed by atoms with van der Waals surface area (Å²) in [7, 11) is 0. The third-order valence-corrected chi connectivity index (χ3v) is 3.86. The molecule has 0 radical (unpaired) electrons. The van der Waals surface area contributed by atoms with E-state index in [1.165, 1.54) is 0 Å². The van der Waals surface area contributed by atoms with Gasteiger partial charge in [0.1, 0.15) is 0 Å². The Morgan fingerprint density at radius 3 is 2.59 bits per heavy atom. The molecule has 0 aliphatic heterocycles. The van der Waals surface area contributed by atoms with Crippen molar-refractivity contribution in [2.24, 2.45) is 0 Å². The fourth-order valence-corrected chi connectivity index (χ4v) is 2.54. The molecule has 0 bridgehead atoms. The molecule has 0 fully saturated rings. The lowest BCUT2D eigenvalue weighted by atomic mass is 9.96. The molecule has 0 aromatic heterocycles. The summed E-state index contributed by atoms with van der Waals surface area (Å²) in [4.78, 5) is 12.0. The molecule has 1 aliphatic rings. The van der Waals surface area contributed by atoms with E-state index >= 15 is 0 Å². The van der Waals surface area contributed by atoms with Gasteiger partial charge in [0.05, 0.1) is 5.60 Å². The minimum Gasteiger partial charge on any atom is -0.385 e. The number of hydrogen-bond donors (Lipinski definition) is 1. The summed E-state index contributed by atoms with van der Waals surface area (Å²) in [5.74, 6) is 0.301. The van der Waals surface area contributed by atoms with Gasteiger partial charge in [-0.2, -0.15) is 0 Å². The van der Waals surface area contributed by atoms with Crippen molar-refractivity contribution in [2.45, 2.75) is 52.1 Å². The molecule has 2 nitrogen and oxygen atoms in total. The van der Waals surface area contributed by atoms with Crippen molar-refractivity contribution in [1.82, 2.24) is 0 Å². The summed E-state index contributed by atoms with van der Waals surface area (Å²) >= 11 is 0. The molecule has 92 valence electrons.